The topological polar surface area (TPSA) is 62.9 Å². The molecule has 5 nitrogen and oxygen atoms in total. The van der Waals surface area contributed by atoms with E-state index in [0.717, 1.165) is 24.4 Å². The normalized spacial score (nSPS) is 11.7. The van der Waals surface area contributed by atoms with Crippen LogP contribution in [0.4, 0.5) is 5.69 Å². The fraction of sp³-hybridized carbons (Fsp3) is 0.588. The van der Waals surface area contributed by atoms with E-state index in [2.05, 4.69) is 42.9 Å². The maximum Gasteiger partial charge on any atom is 0.193 e. The molecule has 23 heavy (non-hydrogen) atoms. The maximum absolute atomic E-state index is 5.94. The highest BCUT2D eigenvalue weighted by molar-refractivity contribution is 14.0. The molecule has 0 saturated carbocycles. The zero-order valence-corrected chi connectivity index (χ0v) is 17.2. The smallest absolute Gasteiger partial charge is 0.193 e. The summed E-state index contributed by atoms with van der Waals surface area (Å²) in [4.78, 5) is 6.84. The molecule has 3 N–H and O–H groups in total. The number of halogens is 1. The summed E-state index contributed by atoms with van der Waals surface area (Å²) in [5, 5.41) is 3.08. The summed E-state index contributed by atoms with van der Waals surface area (Å²) in [5.74, 6) is 1.18. The van der Waals surface area contributed by atoms with Gasteiger partial charge in [0.2, 0.25) is 0 Å². The zero-order valence-electron chi connectivity index (χ0n) is 14.9. The Bertz CT molecular complexity index is 469. The molecule has 0 bridgehead atoms. The van der Waals surface area contributed by atoms with Crippen molar-refractivity contribution in [3.8, 4) is 5.75 Å². The highest BCUT2D eigenvalue weighted by Gasteiger charge is 2.12. The molecule has 0 unspecified atom stereocenters. The van der Waals surface area contributed by atoms with Gasteiger partial charge in [-0.1, -0.05) is 12.1 Å². The molecule has 1 rings (SSSR count). The molecular formula is C17H31IN4O. The lowest BCUT2D eigenvalue weighted by molar-refractivity contribution is 0.174. The third-order valence-corrected chi connectivity index (χ3v) is 3.55. The summed E-state index contributed by atoms with van der Waals surface area (Å²) in [6.07, 6.45) is 0.991. The van der Waals surface area contributed by atoms with Gasteiger partial charge in [0.05, 0.1) is 12.8 Å². The van der Waals surface area contributed by atoms with Crippen molar-refractivity contribution in [3.63, 3.8) is 0 Å². The second-order valence-electron chi connectivity index (χ2n) is 5.87. The van der Waals surface area contributed by atoms with Crippen LogP contribution in [0.1, 0.15) is 34.1 Å². The predicted octanol–water partition coefficient (Wildman–Crippen LogP) is 3.55. The van der Waals surface area contributed by atoms with Crippen LogP contribution in [0, 0.1) is 0 Å². The summed E-state index contributed by atoms with van der Waals surface area (Å²) < 4.78 is 5.28. The van der Waals surface area contributed by atoms with Crippen LogP contribution < -0.4 is 15.8 Å². The number of benzene rings is 1. The number of guanidine groups is 1. The molecule has 0 saturated heterocycles. The molecule has 0 radical (unpaired) electrons. The monoisotopic (exact) mass is 434 g/mol. The number of nitrogens with one attached hydrogen (secondary N) is 1. The van der Waals surface area contributed by atoms with Crippen LogP contribution in [-0.4, -0.2) is 43.1 Å². The largest absolute Gasteiger partial charge is 0.495 e. The average molecular weight is 434 g/mol. The molecule has 0 amide bonds. The molecule has 0 atom stereocenters. The van der Waals surface area contributed by atoms with Crippen LogP contribution in [0.15, 0.2) is 29.3 Å². The van der Waals surface area contributed by atoms with Crippen molar-refractivity contribution < 1.29 is 4.74 Å². The summed E-state index contributed by atoms with van der Waals surface area (Å²) in [6, 6.07) is 8.76. The summed E-state index contributed by atoms with van der Waals surface area (Å²) in [7, 11) is 1.64. The van der Waals surface area contributed by atoms with Crippen LogP contribution >= 0.6 is 24.0 Å². The number of methoxy groups -OCH3 is 1. The van der Waals surface area contributed by atoms with Gasteiger partial charge in [0.15, 0.2) is 5.96 Å². The predicted molar refractivity (Wildman–Crippen MR) is 110 cm³/mol. The highest BCUT2D eigenvalue weighted by atomic mass is 127. The molecule has 0 fully saturated rings. The maximum atomic E-state index is 5.94. The van der Waals surface area contributed by atoms with Crippen LogP contribution in [-0.2, 0) is 0 Å². The van der Waals surface area contributed by atoms with E-state index in [1.54, 1.807) is 7.11 Å². The van der Waals surface area contributed by atoms with Gasteiger partial charge in [0, 0.05) is 25.2 Å². The van der Waals surface area contributed by atoms with E-state index in [1.807, 2.05) is 24.3 Å². The third kappa shape index (κ3) is 7.87. The van der Waals surface area contributed by atoms with Gasteiger partial charge in [-0.25, -0.2) is 0 Å². The molecule has 0 aromatic heterocycles. The van der Waals surface area contributed by atoms with E-state index in [1.165, 1.54) is 0 Å². The van der Waals surface area contributed by atoms with Gasteiger partial charge in [-0.05, 0) is 46.2 Å². The molecule has 0 aliphatic rings. The summed E-state index contributed by atoms with van der Waals surface area (Å²) >= 11 is 0. The van der Waals surface area contributed by atoms with Crippen molar-refractivity contribution in [2.75, 3.05) is 25.5 Å². The van der Waals surface area contributed by atoms with Gasteiger partial charge < -0.3 is 15.8 Å². The van der Waals surface area contributed by atoms with Crippen molar-refractivity contribution >= 4 is 35.6 Å². The number of rotatable bonds is 8. The first kappa shape index (κ1) is 22.0. The number of anilines is 1. The third-order valence-electron chi connectivity index (χ3n) is 3.55. The molecule has 6 heteroatoms. The molecule has 132 valence electrons. The SMILES string of the molecule is COc1ccccc1NC(N)=NCCCN(C(C)C)C(C)C.I. The number of hydrogen-bond donors (Lipinski definition) is 2. The Labute approximate surface area is 157 Å². The number of ether oxygens (including phenoxy) is 1. The Morgan fingerprint density at radius 1 is 1.22 bits per heavy atom. The van der Waals surface area contributed by atoms with Crippen LogP contribution in [0.25, 0.3) is 0 Å². The van der Waals surface area contributed by atoms with Gasteiger partial charge >= 0.3 is 0 Å². The first-order valence-electron chi connectivity index (χ1n) is 7.91. The first-order chi connectivity index (χ1) is 10.5. The Hall–Kier alpha value is -1.02. The highest BCUT2D eigenvalue weighted by Crippen LogP contribution is 2.22. The molecular weight excluding hydrogens is 403 g/mol. The number of aliphatic imine (C=N–C) groups is 1. The van der Waals surface area contributed by atoms with E-state index >= 15 is 0 Å². The lowest BCUT2D eigenvalue weighted by atomic mass is 10.2. The molecule has 0 aliphatic carbocycles. The van der Waals surface area contributed by atoms with E-state index in [4.69, 9.17) is 10.5 Å². The quantitative estimate of drug-likeness (QED) is 0.284. The van der Waals surface area contributed by atoms with Gasteiger partial charge in [0.1, 0.15) is 5.75 Å². The minimum atomic E-state index is 0. The van der Waals surface area contributed by atoms with Gasteiger partial charge in [-0.15, -0.1) is 24.0 Å². The fourth-order valence-corrected chi connectivity index (χ4v) is 2.49. The fourth-order valence-electron chi connectivity index (χ4n) is 2.49. The summed E-state index contributed by atoms with van der Waals surface area (Å²) in [5.41, 5.74) is 6.77. The minimum absolute atomic E-state index is 0. The Balaban J connectivity index is 0.00000484. The van der Waals surface area contributed by atoms with E-state index < -0.39 is 0 Å². The second-order valence-corrected chi connectivity index (χ2v) is 5.87. The molecule has 0 aliphatic heterocycles. The summed E-state index contributed by atoms with van der Waals surface area (Å²) in [6.45, 7) is 10.6. The van der Waals surface area contributed by atoms with Crippen molar-refractivity contribution in [2.45, 2.75) is 46.2 Å². The number of nitrogens with two attached hydrogens (primary N) is 1. The van der Waals surface area contributed by atoms with Crippen LogP contribution in [0.2, 0.25) is 0 Å². The van der Waals surface area contributed by atoms with E-state index in [9.17, 15) is 0 Å². The van der Waals surface area contributed by atoms with Crippen molar-refractivity contribution in [3.05, 3.63) is 24.3 Å². The standard InChI is InChI=1S/C17H30N4O.HI/c1-13(2)21(14(3)4)12-8-11-19-17(18)20-15-9-6-7-10-16(15)22-5;/h6-7,9-10,13-14H,8,11-12H2,1-5H3,(H3,18,19,20);1H. The van der Waals surface area contributed by atoms with Crippen molar-refractivity contribution in [1.29, 1.82) is 0 Å². The Morgan fingerprint density at radius 3 is 2.39 bits per heavy atom. The Morgan fingerprint density at radius 2 is 1.83 bits per heavy atom. The Kier molecular flexibility index (Phi) is 11.0. The molecule has 1 aromatic rings. The number of nitrogens with zero attached hydrogens (tertiary/aromatic N) is 2. The number of hydrogen-bond acceptors (Lipinski definition) is 3. The molecule has 1 aromatic carbocycles. The van der Waals surface area contributed by atoms with Crippen molar-refractivity contribution in [2.24, 2.45) is 10.7 Å². The number of para-hydroxylation sites is 2. The molecule has 0 spiro atoms. The van der Waals surface area contributed by atoms with Crippen LogP contribution in [0.5, 0.6) is 5.75 Å². The zero-order chi connectivity index (χ0) is 16.5. The van der Waals surface area contributed by atoms with E-state index in [0.29, 0.717) is 24.6 Å². The lowest BCUT2D eigenvalue weighted by Crippen LogP contribution is -2.38. The van der Waals surface area contributed by atoms with Crippen molar-refractivity contribution in [1.82, 2.24) is 4.90 Å². The lowest BCUT2D eigenvalue weighted by Gasteiger charge is -2.30. The van der Waals surface area contributed by atoms with Crippen LogP contribution in [0.3, 0.4) is 0 Å². The second kappa shape index (κ2) is 11.5. The van der Waals surface area contributed by atoms with E-state index in [-0.39, 0.29) is 24.0 Å². The molecule has 0 heterocycles. The minimum Gasteiger partial charge on any atom is -0.495 e. The van der Waals surface area contributed by atoms with Gasteiger partial charge in [0.25, 0.3) is 0 Å². The first-order valence-corrected chi connectivity index (χ1v) is 7.91. The average Bonchev–Trinajstić information content (AvgIpc) is 2.46. The van der Waals surface area contributed by atoms with Gasteiger partial charge in [-0.3, -0.25) is 9.89 Å². The van der Waals surface area contributed by atoms with Gasteiger partial charge in [-0.2, -0.15) is 0 Å².